The van der Waals surface area contributed by atoms with E-state index in [0.717, 1.165) is 28.6 Å². The third-order valence-corrected chi connectivity index (χ3v) is 5.92. The topological polar surface area (TPSA) is 77.8 Å². The number of rotatable bonds is 6. The van der Waals surface area contributed by atoms with Crippen LogP contribution in [0, 0.1) is 6.92 Å². The molecule has 1 amide bonds. The molecule has 0 aliphatic carbocycles. The third kappa shape index (κ3) is 4.98. The van der Waals surface area contributed by atoms with Gasteiger partial charge in [0, 0.05) is 17.1 Å². The van der Waals surface area contributed by atoms with Crippen molar-refractivity contribution in [2.24, 2.45) is 0 Å². The Kier molecular flexibility index (Phi) is 6.07. The van der Waals surface area contributed by atoms with Gasteiger partial charge in [0.2, 0.25) is 5.91 Å². The maximum absolute atomic E-state index is 12.7. The van der Waals surface area contributed by atoms with E-state index < -0.39 is 11.6 Å². The van der Waals surface area contributed by atoms with Gasteiger partial charge in [-0.3, -0.25) is 9.20 Å². The number of carbonyl (C=O) groups is 1. The van der Waals surface area contributed by atoms with Crippen molar-refractivity contribution in [2.45, 2.75) is 30.6 Å². The Morgan fingerprint density at radius 3 is 2.45 bits per heavy atom. The Balaban J connectivity index is 1.54. The largest absolute Gasteiger partial charge is 0.573 e. The van der Waals surface area contributed by atoms with Crippen molar-refractivity contribution in [1.82, 2.24) is 14.6 Å². The molecule has 1 N–H and O–H groups in total. The van der Waals surface area contributed by atoms with Crippen LogP contribution in [0.5, 0.6) is 11.5 Å². The first-order valence-corrected chi connectivity index (χ1v) is 10.7. The number of methoxy groups -OCH3 is 1. The Hall–Kier alpha value is -3.47. The van der Waals surface area contributed by atoms with Gasteiger partial charge in [-0.05, 0) is 61.9 Å². The second-order valence-electron chi connectivity index (χ2n) is 7.21. The highest BCUT2D eigenvalue weighted by molar-refractivity contribution is 8.00. The van der Waals surface area contributed by atoms with Gasteiger partial charge in [0.25, 0.3) is 0 Å². The number of ether oxygens (including phenoxy) is 2. The van der Waals surface area contributed by atoms with E-state index in [1.54, 1.807) is 14.0 Å². The highest BCUT2D eigenvalue weighted by Crippen LogP contribution is 2.31. The first kappa shape index (κ1) is 22.7. The number of thioether (sulfide) groups is 1. The minimum atomic E-state index is -4.77. The van der Waals surface area contributed by atoms with E-state index in [9.17, 15) is 18.0 Å². The predicted octanol–water partition coefficient (Wildman–Crippen LogP) is 5.22. The van der Waals surface area contributed by atoms with Crippen LogP contribution in [0.25, 0.3) is 16.6 Å². The lowest BCUT2D eigenvalue weighted by Crippen LogP contribution is -2.22. The summed E-state index contributed by atoms with van der Waals surface area (Å²) in [5.74, 6) is -0.0199. The second kappa shape index (κ2) is 8.81. The van der Waals surface area contributed by atoms with E-state index >= 15 is 0 Å². The summed E-state index contributed by atoms with van der Waals surface area (Å²) in [6.07, 6.45) is -4.77. The molecule has 4 aromatic rings. The molecule has 0 bridgehead atoms. The van der Waals surface area contributed by atoms with E-state index in [0.29, 0.717) is 22.2 Å². The SMILES string of the molecule is COc1ccc2c(C)cc3nnc(SC(C)C(=O)Nc4ccc(OC(F)(F)F)cc4)n3c2c1. The van der Waals surface area contributed by atoms with Crippen molar-refractivity contribution in [3.63, 3.8) is 0 Å². The number of benzene rings is 2. The normalized spacial score (nSPS) is 12.7. The van der Waals surface area contributed by atoms with Crippen LogP contribution in [-0.4, -0.2) is 39.2 Å². The molecule has 7 nitrogen and oxygen atoms in total. The van der Waals surface area contributed by atoms with Crippen molar-refractivity contribution in [3.05, 3.63) is 54.1 Å². The van der Waals surface area contributed by atoms with Crippen LogP contribution in [0.2, 0.25) is 0 Å². The molecule has 33 heavy (non-hydrogen) atoms. The van der Waals surface area contributed by atoms with Crippen molar-refractivity contribution in [2.75, 3.05) is 12.4 Å². The van der Waals surface area contributed by atoms with Gasteiger partial charge in [-0.1, -0.05) is 11.8 Å². The molecule has 0 saturated heterocycles. The van der Waals surface area contributed by atoms with E-state index in [4.69, 9.17) is 4.74 Å². The van der Waals surface area contributed by atoms with Gasteiger partial charge < -0.3 is 14.8 Å². The number of hydrogen-bond donors (Lipinski definition) is 1. The monoisotopic (exact) mass is 476 g/mol. The first-order chi connectivity index (χ1) is 15.6. The summed E-state index contributed by atoms with van der Waals surface area (Å²) < 4.78 is 47.9. The van der Waals surface area contributed by atoms with Gasteiger partial charge >= 0.3 is 6.36 Å². The van der Waals surface area contributed by atoms with Gasteiger partial charge in [-0.2, -0.15) is 0 Å². The molecule has 2 aromatic carbocycles. The quantitative estimate of drug-likeness (QED) is 0.385. The number of hydrogen-bond acceptors (Lipinski definition) is 6. The fourth-order valence-electron chi connectivity index (χ4n) is 3.30. The number of nitrogens with zero attached hydrogens (tertiary/aromatic N) is 3. The number of carbonyl (C=O) groups excluding carboxylic acids is 1. The summed E-state index contributed by atoms with van der Waals surface area (Å²) in [5, 5.41) is 12.1. The van der Waals surface area contributed by atoms with Crippen molar-refractivity contribution in [3.8, 4) is 11.5 Å². The number of pyridine rings is 1. The molecular formula is C22H19F3N4O3S. The Morgan fingerprint density at radius 2 is 1.79 bits per heavy atom. The van der Waals surface area contributed by atoms with Crippen LogP contribution in [0.1, 0.15) is 12.5 Å². The molecule has 2 heterocycles. The molecule has 0 aliphatic heterocycles. The van der Waals surface area contributed by atoms with Crippen LogP contribution in [-0.2, 0) is 4.79 Å². The zero-order valence-corrected chi connectivity index (χ0v) is 18.6. The lowest BCUT2D eigenvalue weighted by Gasteiger charge is -2.13. The minimum absolute atomic E-state index is 0.338. The molecule has 0 aliphatic rings. The van der Waals surface area contributed by atoms with Gasteiger partial charge in [0.05, 0.1) is 17.9 Å². The fraction of sp³-hybridized carbons (Fsp3) is 0.227. The molecule has 0 saturated carbocycles. The average molecular weight is 476 g/mol. The van der Waals surface area contributed by atoms with Gasteiger partial charge in [-0.25, -0.2) is 0 Å². The van der Waals surface area contributed by atoms with Gasteiger partial charge in [0.1, 0.15) is 11.5 Å². The maximum atomic E-state index is 12.7. The Labute approximate surface area is 190 Å². The zero-order chi connectivity index (χ0) is 23.8. The van der Waals surface area contributed by atoms with Crippen molar-refractivity contribution >= 4 is 39.9 Å². The lowest BCUT2D eigenvalue weighted by molar-refractivity contribution is -0.274. The van der Waals surface area contributed by atoms with Crippen LogP contribution in [0.4, 0.5) is 18.9 Å². The van der Waals surface area contributed by atoms with Gasteiger partial charge in [-0.15, -0.1) is 23.4 Å². The molecule has 0 fully saturated rings. The number of anilines is 1. The number of aryl methyl sites for hydroxylation is 1. The second-order valence-corrected chi connectivity index (χ2v) is 8.52. The van der Waals surface area contributed by atoms with Gasteiger partial charge in [0.15, 0.2) is 10.8 Å². The highest BCUT2D eigenvalue weighted by Gasteiger charge is 2.31. The zero-order valence-electron chi connectivity index (χ0n) is 17.8. The molecule has 1 unspecified atom stereocenters. The number of nitrogens with one attached hydrogen (secondary N) is 1. The number of aromatic nitrogens is 3. The highest BCUT2D eigenvalue weighted by atomic mass is 32.2. The summed E-state index contributed by atoms with van der Waals surface area (Å²) in [6, 6.07) is 12.6. The fourth-order valence-corrected chi connectivity index (χ4v) is 4.17. The average Bonchev–Trinajstić information content (AvgIpc) is 3.16. The van der Waals surface area contributed by atoms with E-state index in [-0.39, 0.29) is 11.7 Å². The van der Waals surface area contributed by atoms with Crippen LogP contribution >= 0.6 is 11.8 Å². The molecule has 2 aromatic heterocycles. The molecule has 0 spiro atoms. The number of halogens is 3. The van der Waals surface area contributed by atoms with Crippen LogP contribution < -0.4 is 14.8 Å². The predicted molar refractivity (Wildman–Crippen MR) is 119 cm³/mol. The summed E-state index contributed by atoms with van der Waals surface area (Å²) >= 11 is 1.22. The summed E-state index contributed by atoms with van der Waals surface area (Å²) in [7, 11) is 1.59. The number of fused-ring (bicyclic) bond motifs is 3. The first-order valence-electron chi connectivity index (χ1n) is 9.80. The molecule has 4 rings (SSSR count). The number of amides is 1. The number of alkyl halides is 3. The summed E-state index contributed by atoms with van der Waals surface area (Å²) in [4.78, 5) is 12.7. The van der Waals surface area contributed by atoms with Crippen molar-refractivity contribution < 1.29 is 27.4 Å². The van der Waals surface area contributed by atoms with Crippen molar-refractivity contribution in [1.29, 1.82) is 0 Å². The maximum Gasteiger partial charge on any atom is 0.573 e. The smallest absolute Gasteiger partial charge is 0.497 e. The van der Waals surface area contributed by atoms with Crippen LogP contribution in [0.3, 0.4) is 0 Å². The van der Waals surface area contributed by atoms with E-state index in [2.05, 4.69) is 20.3 Å². The van der Waals surface area contributed by atoms with E-state index in [1.165, 1.54) is 23.9 Å². The Bertz CT molecular complexity index is 1320. The third-order valence-electron chi connectivity index (χ3n) is 4.88. The lowest BCUT2D eigenvalue weighted by atomic mass is 10.1. The minimum Gasteiger partial charge on any atom is -0.497 e. The summed E-state index contributed by atoms with van der Waals surface area (Å²) in [6.45, 7) is 3.69. The summed E-state index contributed by atoms with van der Waals surface area (Å²) in [5.41, 5.74) is 2.88. The molecule has 0 radical (unpaired) electrons. The van der Waals surface area contributed by atoms with Crippen LogP contribution in [0.15, 0.2) is 53.7 Å². The standard InChI is InChI=1S/C22H19F3N4O3S/c1-12-10-19-27-28-21(29(19)18-11-16(31-3)8-9-17(12)18)33-13(2)20(30)26-14-4-6-15(7-5-14)32-22(23,24)25/h4-11,13H,1-3H3,(H,26,30). The van der Waals surface area contributed by atoms with E-state index in [1.807, 2.05) is 35.6 Å². The molecule has 1 atom stereocenters. The molecule has 172 valence electrons. The Morgan fingerprint density at radius 1 is 1.09 bits per heavy atom. The molecular weight excluding hydrogens is 457 g/mol. The molecule has 11 heteroatoms.